The summed E-state index contributed by atoms with van der Waals surface area (Å²) in [5.41, 5.74) is 3.36. The van der Waals surface area contributed by atoms with Gasteiger partial charge >= 0.3 is 0 Å². The zero-order valence-corrected chi connectivity index (χ0v) is 15.9. The quantitative estimate of drug-likeness (QED) is 0.475. The minimum Gasteiger partial charge on any atom is -0.394 e. The van der Waals surface area contributed by atoms with Crippen LogP contribution in [0.5, 0.6) is 0 Å². The first-order valence-corrected chi connectivity index (χ1v) is 9.65. The third-order valence-electron chi connectivity index (χ3n) is 5.33. The Hall–Kier alpha value is -3.17. The van der Waals surface area contributed by atoms with E-state index < -0.39 is 31.1 Å². The summed E-state index contributed by atoms with van der Waals surface area (Å²) in [6, 6.07) is 19.1. The van der Waals surface area contributed by atoms with Crippen LogP contribution in [-0.2, 0) is 4.74 Å². The van der Waals surface area contributed by atoms with Crippen LogP contribution in [0.2, 0.25) is 0 Å². The number of benzene rings is 2. The first kappa shape index (κ1) is 18.8. The fourth-order valence-corrected chi connectivity index (χ4v) is 3.84. The first-order chi connectivity index (χ1) is 14.7. The fraction of sp³-hybridized carbons (Fsp3) is 0.227. The van der Waals surface area contributed by atoms with E-state index in [1.54, 1.807) is 4.57 Å². The number of aromatic nitrogens is 4. The van der Waals surface area contributed by atoms with Gasteiger partial charge in [0.15, 0.2) is 11.9 Å². The fourth-order valence-electron chi connectivity index (χ4n) is 3.84. The van der Waals surface area contributed by atoms with E-state index in [-0.39, 0.29) is 0 Å². The smallest absolute Gasteiger partial charge is 0.166 e. The van der Waals surface area contributed by atoms with Gasteiger partial charge in [-0.2, -0.15) is 0 Å². The molecule has 0 saturated carbocycles. The van der Waals surface area contributed by atoms with Gasteiger partial charge in [0.1, 0.15) is 41.7 Å². The molecule has 8 nitrogen and oxygen atoms in total. The van der Waals surface area contributed by atoms with Crippen molar-refractivity contribution in [3.63, 3.8) is 0 Å². The summed E-state index contributed by atoms with van der Waals surface area (Å²) in [4.78, 5) is 13.7. The first-order valence-electron chi connectivity index (χ1n) is 9.65. The summed E-state index contributed by atoms with van der Waals surface area (Å²) in [5.74, 6) is 0.526. The van der Waals surface area contributed by atoms with Crippen LogP contribution < -0.4 is 0 Å². The molecule has 3 N–H and O–H groups in total. The highest BCUT2D eigenvalue weighted by Crippen LogP contribution is 2.37. The molecule has 2 aromatic heterocycles. The van der Waals surface area contributed by atoms with Gasteiger partial charge in [-0.25, -0.2) is 15.0 Å². The summed E-state index contributed by atoms with van der Waals surface area (Å²) in [6.07, 6.45) is -2.90. The second kappa shape index (κ2) is 7.58. The molecule has 1 aliphatic rings. The molecule has 0 spiro atoms. The van der Waals surface area contributed by atoms with E-state index >= 15 is 0 Å². The average molecular weight is 404 g/mol. The zero-order valence-electron chi connectivity index (χ0n) is 15.9. The van der Waals surface area contributed by atoms with Crippen molar-refractivity contribution in [2.75, 3.05) is 6.61 Å². The Bertz CT molecular complexity index is 1170. The van der Waals surface area contributed by atoms with E-state index in [0.717, 1.165) is 11.1 Å². The van der Waals surface area contributed by atoms with Crippen molar-refractivity contribution in [1.29, 1.82) is 0 Å². The SMILES string of the molecule is OC[C@H]1O[C@@H](n2c(-c3ccccc3)nc3c(-c4ccccc4)ncnc32)[C@H](O)[C@@H]1O. The van der Waals surface area contributed by atoms with Crippen LogP contribution in [0.15, 0.2) is 67.0 Å². The van der Waals surface area contributed by atoms with Crippen LogP contribution in [0, 0.1) is 0 Å². The molecule has 4 aromatic rings. The van der Waals surface area contributed by atoms with E-state index in [1.807, 2.05) is 60.7 Å². The normalized spacial score (nSPS) is 23.8. The largest absolute Gasteiger partial charge is 0.394 e. The summed E-state index contributed by atoms with van der Waals surface area (Å²) in [5, 5.41) is 30.5. The molecule has 5 rings (SSSR count). The summed E-state index contributed by atoms with van der Waals surface area (Å²) >= 11 is 0. The van der Waals surface area contributed by atoms with Gasteiger partial charge in [-0.15, -0.1) is 0 Å². The molecule has 1 saturated heterocycles. The highest BCUT2D eigenvalue weighted by Gasteiger charge is 2.45. The van der Waals surface area contributed by atoms with Crippen LogP contribution in [0.3, 0.4) is 0 Å². The molecule has 0 amide bonds. The number of ether oxygens (including phenoxy) is 1. The standard InChI is InChI=1S/C22H20N4O4/c27-11-15-18(28)19(29)22(30-15)26-20(14-9-5-2-6-10-14)25-17-16(23-12-24-21(17)26)13-7-3-1-4-8-13/h1-10,12,15,18-19,22,27-29H,11H2/t15-,18-,19-,22-/m1/s1. The van der Waals surface area contributed by atoms with Crippen LogP contribution >= 0.6 is 0 Å². The number of hydrogen-bond acceptors (Lipinski definition) is 7. The van der Waals surface area contributed by atoms with Gasteiger partial charge in [-0.3, -0.25) is 4.57 Å². The van der Waals surface area contributed by atoms with Crippen molar-refractivity contribution < 1.29 is 20.1 Å². The van der Waals surface area contributed by atoms with Crippen molar-refractivity contribution in [1.82, 2.24) is 19.5 Å². The molecule has 0 radical (unpaired) electrons. The second-order valence-corrected chi connectivity index (χ2v) is 7.16. The molecule has 0 unspecified atom stereocenters. The number of rotatable bonds is 4. The molecule has 2 aromatic carbocycles. The number of aliphatic hydroxyl groups excluding tert-OH is 3. The lowest BCUT2D eigenvalue weighted by molar-refractivity contribution is -0.0503. The Labute approximate surface area is 172 Å². The molecule has 3 heterocycles. The van der Waals surface area contributed by atoms with Gasteiger partial charge < -0.3 is 20.1 Å². The zero-order chi connectivity index (χ0) is 20.7. The summed E-state index contributed by atoms with van der Waals surface area (Å²) in [6.45, 7) is -0.410. The van der Waals surface area contributed by atoms with Gasteiger partial charge in [-0.05, 0) is 0 Å². The number of fused-ring (bicyclic) bond motifs is 1. The monoisotopic (exact) mass is 404 g/mol. The molecule has 4 atom stereocenters. The Morgan fingerprint density at radius 3 is 2.17 bits per heavy atom. The van der Waals surface area contributed by atoms with Crippen LogP contribution in [0.4, 0.5) is 0 Å². The van der Waals surface area contributed by atoms with Crippen molar-refractivity contribution >= 4 is 11.2 Å². The average Bonchev–Trinajstić information content (AvgIpc) is 3.32. The summed E-state index contributed by atoms with van der Waals surface area (Å²) < 4.78 is 7.48. The summed E-state index contributed by atoms with van der Waals surface area (Å²) in [7, 11) is 0. The Morgan fingerprint density at radius 1 is 0.867 bits per heavy atom. The number of nitrogens with zero attached hydrogens (tertiary/aromatic N) is 4. The van der Waals surface area contributed by atoms with E-state index in [2.05, 4.69) is 9.97 Å². The van der Waals surface area contributed by atoms with Gasteiger partial charge in [0.2, 0.25) is 0 Å². The Kier molecular flexibility index (Phi) is 4.76. The van der Waals surface area contributed by atoms with E-state index in [4.69, 9.17) is 9.72 Å². The molecule has 152 valence electrons. The molecular formula is C22H20N4O4. The third-order valence-corrected chi connectivity index (χ3v) is 5.33. The molecular weight excluding hydrogens is 384 g/mol. The molecule has 30 heavy (non-hydrogen) atoms. The molecule has 0 aliphatic carbocycles. The highest BCUT2D eigenvalue weighted by molar-refractivity contribution is 5.89. The van der Waals surface area contributed by atoms with Crippen LogP contribution in [0.1, 0.15) is 6.23 Å². The lowest BCUT2D eigenvalue weighted by atomic mass is 10.1. The Morgan fingerprint density at radius 2 is 1.53 bits per heavy atom. The van der Waals surface area contributed by atoms with E-state index in [9.17, 15) is 15.3 Å². The van der Waals surface area contributed by atoms with Gasteiger partial charge in [0, 0.05) is 11.1 Å². The molecule has 8 heteroatoms. The second-order valence-electron chi connectivity index (χ2n) is 7.16. The molecule has 0 bridgehead atoms. The van der Waals surface area contributed by atoms with Gasteiger partial charge in [0.25, 0.3) is 0 Å². The third kappa shape index (κ3) is 2.98. The van der Waals surface area contributed by atoms with Crippen molar-refractivity contribution in [3.05, 3.63) is 67.0 Å². The van der Waals surface area contributed by atoms with Crippen LogP contribution in [0.25, 0.3) is 33.8 Å². The van der Waals surface area contributed by atoms with Gasteiger partial charge in [-0.1, -0.05) is 60.7 Å². The maximum Gasteiger partial charge on any atom is 0.166 e. The lowest BCUT2D eigenvalue weighted by Crippen LogP contribution is -2.33. The van der Waals surface area contributed by atoms with Crippen molar-refractivity contribution in [3.8, 4) is 22.6 Å². The minimum absolute atomic E-state index is 0.410. The predicted molar refractivity (Wildman–Crippen MR) is 109 cm³/mol. The number of hydrogen-bond donors (Lipinski definition) is 3. The van der Waals surface area contributed by atoms with E-state index in [0.29, 0.717) is 22.7 Å². The molecule has 1 aliphatic heterocycles. The topological polar surface area (TPSA) is 114 Å². The Balaban J connectivity index is 1.76. The highest BCUT2D eigenvalue weighted by atomic mass is 16.6. The molecule has 1 fully saturated rings. The van der Waals surface area contributed by atoms with Gasteiger partial charge in [0.05, 0.1) is 6.61 Å². The van der Waals surface area contributed by atoms with E-state index in [1.165, 1.54) is 6.33 Å². The minimum atomic E-state index is -1.25. The lowest BCUT2D eigenvalue weighted by Gasteiger charge is -2.19. The maximum atomic E-state index is 10.7. The predicted octanol–water partition coefficient (Wildman–Crippen LogP) is 1.77. The maximum absolute atomic E-state index is 10.7. The number of imidazole rings is 1. The number of aliphatic hydroxyl groups is 3. The van der Waals surface area contributed by atoms with Crippen molar-refractivity contribution in [2.24, 2.45) is 0 Å². The van der Waals surface area contributed by atoms with Crippen LogP contribution in [-0.4, -0.2) is 59.8 Å². The van der Waals surface area contributed by atoms with Crippen molar-refractivity contribution in [2.45, 2.75) is 24.5 Å².